The average molecular weight is 320 g/mol. The van der Waals surface area contributed by atoms with Gasteiger partial charge in [0.25, 0.3) is 0 Å². The Morgan fingerprint density at radius 3 is 2.54 bits per heavy atom. The van der Waals surface area contributed by atoms with Crippen LogP contribution in [0.4, 0.5) is 5.69 Å². The average Bonchev–Trinajstić information content (AvgIpc) is 3.06. The van der Waals surface area contributed by atoms with Crippen LogP contribution in [0.25, 0.3) is 16.9 Å². The number of anilines is 1. The normalized spacial score (nSPS) is 11.8. The number of hydrogen-bond donors (Lipinski definition) is 0. The maximum Gasteiger partial charge on any atom is 0.132 e. The van der Waals surface area contributed by atoms with E-state index in [2.05, 4.69) is 65.5 Å². The van der Waals surface area contributed by atoms with Crippen molar-refractivity contribution in [1.29, 1.82) is 0 Å². The fourth-order valence-electron chi connectivity index (χ4n) is 2.87. The van der Waals surface area contributed by atoms with E-state index in [4.69, 9.17) is 0 Å². The van der Waals surface area contributed by atoms with Gasteiger partial charge in [-0.1, -0.05) is 48.9 Å². The number of allylic oxidation sites excluding steroid dienone is 1. The van der Waals surface area contributed by atoms with Crippen LogP contribution >= 0.6 is 0 Å². The molecular formula is C20H24N4. The molecule has 0 unspecified atom stereocenters. The van der Waals surface area contributed by atoms with Crippen molar-refractivity contribution in [3.05, 3.63) is 60.7 Å². The molecule has 4 nitrogen and oxygen atoms in total. The number of nitrogens with zero attached hydrogens (tertiary/aromatic N) is 4. The predicted molar refractivity (Wildman–Crippen MR) is 101 cm³/mol. The van der Waals surface area contributed by atoms with E-state index in [1.165, 1.54) is 18.5 Å². The minimum Gasteiger partial charge on any atom is -0.327 e. The quantitative estimate of drug-likeness (QED) is 0.578. The van der Waals surface area contributed by atoms with Gasteiger partial charge in [0, 0.05) is 12.2 Å². The van der Waals surface area contributed by atoms with Crippen molar-refractivity contribution in [3.63, 3.8) is 0 Å². The van der Waals surface area contributed by atoms with Gasteiger partial charge in [-0.25, -0.2) is 0 Å². The first-order valence-electron chi connectivity index (χ1n) is 8.68. The smallest absolute Gasteiger partial charge is 0.132 e. The van der Waals surface area contributed by atoms with Gasteiger partial charge in [0.2, 0.25) is 0 Å². The number of rotatable bonds is 7. The van der Waals surface area contributed by atoms with Gasteiger partial charge in [-0.05, 0) is 50.1 Å². The Hall–Kier alpha value is -2.62. The summed E-state index contributed by atoms with van der Waals surface area (Å²) < 4.78 is 1.96. The summed E-state index contributed by atoms with van der Waals surface area (Å²) in [5.41, 5.74) is 3.12. The number of hydrogen-bond acceptors (Lipinski definition) is 3. The van der Waals surface area contributed by atoms with Crippen LogP contribution in [0.3, 0.4) is 0 Å². The standard InChI is InChI=1S/C20H24N4/c1-3-5-7-16-20(23(4-2)17-12-8-6-9-13-17)24-19-15-11-10-14-18(19)21-22-24/h6,8-16H,3-5,7H2,1-2H3/b20-16+. The molecule has 0 saturated carbocycles. The Kier molecular flexibility index (Phi) is 5.26. The molecule has 3 rings (SSSR count). The van der Waals surface area contributed by atoms with Gasteiger partial charge in [-0.3, -0.25) is 0 Å². The molecule has 0 fully saturated rings. The van der Waals surface area contributed by atoms with Gasteiger partial charge in [-0.15, -0.1) is 5.10 Å². The predicted octanol–water partition coefficient (Wildman–Crippen LogP) is 4.95. The maximum atomic E-state index is 4.43. The molecule has 1 aromatic heterocycles. The zero-order chi connectivity index (χ0) is 16.8. The summed E-state index contributed by atoms with van der Waals surface area (Å²) in [6.07, 6.45) is 5.66. The van der Waals surface area contributed by atoms with Crippen molar-refractivity contribution < 1.29 is 0 Å². The van der Waals surface area contributed by atoms with Gasteiger partial charge in [0.15, 0.2) is 0 Å². The van der Waals surface area contributed by atoms with E-state index < -0.39 is 0 Å². The lowest BCUT2D eigenvalue weighted by atomic mass is 10.2. The lowest BCUT2D eigenvalue weighted by Crippen LogP contribution is -2.25. The molecule has 124 valence electrons. The Morgan fingerprint density at radius 1 is 1.04 bits per heavy atom. The summed E-state index contributed by atoms with van der Waals surface area (Å²) in [7, 11) is 0. The molecule has 0 bridgehead atoms. The Labute approximate surface area is 143 Å². The van der Waals surface area contributed by atoms with Gasteiger partial charge >= 0.3 is 0 Å². The summed E-state index contributed by atoms with van der Waals surface area (Å²) in [6.45, 7) is 5.25. The molecule has 0 aliphatic heterocycles. The third-order valence-electron chi connectivity index (χ3n) is 4.11. The van der Waals surface area contributed by atoms with E-state index in [9.17, 15) is 0 Å². The zero-order valence-electron chi connectivity index (χ0n) is 14.4. The molecule has 24 heavy (non-hydrogen) atoms. The van der Waals surface area contributed by atoms with E-state index in [1.807, 2.05) is 28.9 Å². The third-order valence-corrected chi connectivity index (χ3v) is 4.11. The molecule has 4 heteroatoms. The van der Waals surface area contributed by atoms with Crippen molar-refractivity contribution in [3.8, 4) is 0 Å². The van der Waals surface area contributed by atoms with Crippen LogP contribution in [0.5, 0.6) is 0 Å². The van der Waals surface area contributed by atoms with Crippen molar-refractivity contribution in [2.24, 2.45) is 0 Å². The van der Waals surface area contributed by atoms with E-state index in [0.29, 0.717) is 0 Å². The van der Waals surface area contributed by atoms with Crippen molar-refractivity contribution in [2.45, 2.75) is 33.1 Å². The number of para-hydroxylation sites is 2. The van der Waals surface area contributed by atoms with Gasteiger partial charge in [0.1, 0.15) is 11.3 Å². The highest BCUT2D eigenvalue weighted by molar-refractivity contribution is 5.80. The van der Waals surface area contributed by atoms with Crippen LogP contribution < -0.4 is 4.90 Å². The molecule has 1 heterocycles. The van der Waals surface area contributed by atoms with Crippen LogP contribution in [0, 0.1) is 0 Å². The SMILES string of the molecule is CCCC/C=C(\N(CC)c1ccccc1)n1nnc2ccccc21. The second-order valence-corrected chi connectivity index (χ2v) is 5.77. The summed E-state index contributed by atoms with van der Waals surface area (Å²) in [5.74, 6) is 1.07. The lowest BCUT2D eigenvalue weighted by Gasteiger charge is -2.26. The molecule has 0 N–H and O–H groups in total. The Balaban J connectivity index is 2.07. The Morgan fingerprint density at radius 2 is 1.79 bits per heavy atom. The first-order valence-corrected chi connectivity index (χ1v) is 8.68. The van der Waals surface area contributed by atoms with E-state index in [-0.39, 0.29) is 0 Å². The highest BCUT2D eigenvalue weighted by Gasteiger charge is 2.15. The highest BCUT2D eigenvalue weighted by atomic mass is 15.5. The largest absolute Gasteiger partial charge is 0.327 e. The van der Waals surface area contributed by atoms with Crippen molar-refractivity contribution in [1.82, 2.24) is 15.0 Å². The molecule has 0 aliphatic rings. The van der Waals surface area contributed by atoms with E-state index in [1.54, 1.807) is 0 Å². The molecule has 0 spiro atoms. The second-order valence-electron chi connectivity index (χ2n) is 5.77. The van der Waals surface area contributed by atoms with Crippen LogP contribution in [0.1, 0.15) is 33.1 Å². The van der Waals surface area contributed by atoms with E-state index >= 15 is 0 Å². The summed E-state index contributed by atoms with van der Waals surface area (Å²) in [5, 5.41) is 8.75. The number of aromatic nitrogens is 3. The molecule has 0 saturated heterocycles. The minimum atomic E-state index is 0.871. The van der Waals surface area contributed by atoms with Crippen molar-refractivity contribution in [2.75, 3.05) is 11.4 Å². The number of fused-ring (bicyclic) bond motifs is 1. The minimum absolute atomic E-state index is 0.871. The molecule has 0 atom stereocenters. The molecule has 2 aromatic carbocycles. The summed E-state index contributed by atoms with van der Waals surface area (Å²) >= 11 is 0. The molecular weight excluding hydrogens is 296 g/mol. The maximum absolute atomic E-state index is 4.43. The van der Waals surface area contributed by atoms with Crippen LogP contribution in [0.15, 0.2) is 60.7 Å². The van der Waals surface area contributed by atoms with Gasteiger partial charge in [0.05, 0.1) is 5.52 Å². The van der Waals surface area contributed by atoms with Crippen molar-refractivity contribution >= 4 is 22.5 Å². The fourth-order valence-corrected chi connectivity index (χ4v) is 2.87. The fraction of sp³-hybridized carbons (Fsp3) is 0.300. The van der Waals surface area contributed by atoms with Crippen LogP contribution in [0.2, 0.25) is 0 Å². The van der Waals surface area contributed by atoms with E-state index in [0.717, 1.165) is 29.8 Å². The van der Waals surface area contributed by atoms with Gasteiger partial charge in [-0.2, -0.15) is 4.68 Å². The number of unbranched alkanes of at least 4 members (excludes halogenated alkanes) is 2. The highest BCUT2D eigenvalue weighted by Crippen LogP contribution is 2.25. The number of benzene rings is 2. The first kappa shape index (κ1) is 16.2. The second kappa shape index (κ2) is 7.77. The summed E-state index contributed by atoms with van der Waals surface area (Å²) in [4.78, 5) is 2.29. The molecule has 0 radical (unpaired) electrons. The van der Waals surface area contributed by atoms with Crippen LogP contribution in [-0.4, -0.2) is 21.5 Å². The van der Waals surface area contributed by atoms with Crippen LogP contribution in [-0.2, 0) is 0 Å². The van der Waals surface area contributed by atoms with Gasteiger partial charge < -0.3 is 4.90 Å². The molecule has 3 aromatic rings. The first-order chi connectivity index (χ1) is 11.8. The summed E-state index contributed by atoms with van der Waals surface area (Å²) in [6, 6.07) is 18.6. The lowest BCUT2D eigenvalue weighted by molar-refractivity contribution is 0.777. The monoisotopic (exact) mass is 320 g/mol. The molecule has 0 aliphatic carbocycles. The Bertz CT molecular complexity index is 805. The third kappa shape index (κ3) is 3.32. The molecule has 0 amide bonds. The zero-order valence-corrected chi connectivity index (χ0v) is 14.4. The topological polar surface area (TPSA) is 34.0 Å².